The maximum absolute atomic E-state index is 13.7. The van der Waals surface area contributed by atoms with Gasteiger partial charge in [0.05, 0.1) is 16.9 Å². The average Bonchev–Trinajstić information content (AvgIpc) is 2.37. The molecule has 0 saturated carbocycles. The highest BCUT2D eigenvalue weighted by atomic mass is 79.9. The highest BCUT2D eigenvalue weighted by Crippen LogP contribution is 2.27. The van der Waals surface area contributed by atoms with Crippen LogP contribution in [-0.4, -0.2) is 8.42 Å². The minimum atomic E-state index is -4.25. The molecule has 21 heavy (non-hydrogen) atoms. The average molecular weight is 370 g/mol. The van der Waals surface area contributed by atoms with Crippen LogP contribution in [0.25, 0.3) is 0 Å². The maximum Gasteiger partial charge on any atom is 0.266 e. The molecule has 0 aliphatic heterocycles. The maximum atomic E-state index is 13.7. The lowest BCUT2D eigenvalue weighted by molar-refractivity contribution is 0.572. The summed E-state index contributed by atoms with van der Waals surface area (Å²) in [6.45, 7) is 0. The van der Waals surface area contributed by atoms with Gasteiger partial charge in [0, 0.05) is 4.47 Å². The third kappa shape index (κ3) is 3.15. The molecule has 0 bridgehead atoms. The minimum Gasteiger partial charge on any atom is -0.398 e. The largest absolute Gasteiger partial charge is 0.398 e. The highest BCUT2D eigenvalue weighted by molar-refractivity contribution is 9.10. The van der Waals surface area contributed by atoms with E-state index in [4.69, 9.17) is 11.0 Å². The smallest absolute Gasteiger partial charge is 0.266 e. The zero-order valence-electron chi connectivity index (χ0n) is 10.5. The van der Waals surface area contributed by atoms with E-state index in [1.807, 2.05) is 6.07 Å². The minimum absolute atomic E-state index is 0.0366. The Bertz CT molecular complexity index is 827. The van der Waals surface area contributed by atoms with Crippen LogP contribution in [0.15, 0.2) is 45.8 Å². The van der Waals surface area contributed by atoms with Gasteiger partial charge < -0.3 is 5.73 Å². The van der Waals surface area contributed by atoms with Gasteiger partial charge in [0.2, 0.25) is 0 Å². The molecule has 3 N–H and O–H groups in total. The zero-order chi connectivity index (χ0) is 15.6. The number of benzene rings is 2. The molecule has 2 aromatic carbocycles. The van der Waals surface area contributed by atoms with Gasteiger partial charge in [0.15, 0.2) is 0 Å². The number of nitrogen functional groups attached to an aromatic ring is 1. The van der Waals surface area contributed by atoms with Crippen molar-refractivity contribution in [3.05, 3.63) is 52.3 Å². The van der Waals surface area contributed by atoms with Crippen LogP contribution in [0.1, 0.15) is 5.56 Å². The Morgan fingerprint density at radius 1 is 1.29 bits per heavy atom. The molecule has 0 fully saturated rings. The van der Waals surface area contributed by atoms with E-state index in [0.29, 0.717) is 4.47 Å². The van der Waals surface area contributed by atoms with E-state index >= 15 is 0 Å². The second kappa shape index (κ2) is 5.71. The van der Waals surface area contributed by atoms with Gasteiger partial charge in [-0.05, 0) is 30.3 Å². The van der Waals surface area contributed by atoms with Crippen LogP contribution in [0.5, 0.6) is 0 Å². The third-order valence-corrected chi connectivity index (χ3v) is 4.56. The molecule has 0 spiro atoms. The summed E-state index contributed by atoms with van der Waals surface area (Å²) >= 11 is 3.18. The standard InChI is InChI=1S/C13H9BrFN3O2S/c14-9-5-4-8(7-16)12(6-9)18-21(19,20)13-10(15)2-1-3-11(13)17/h1-6,18H,17H2. The zero-order valence-corrected chi connectivity index (χ0v) is 12.9. The van der Waals surface area contributed by atoms with Crippen LogP contribution in [0.2, 0.25) is 0 Å². The fourth-order valence-electron chi connectivity index (χ4n) is 1.70. The van der Waals surface area contributed by atoms with Gasteiger partial charge in [-0.3, -0.25) is 4.72 Å². The number of hydrogen-bond donors (Lipinski definition) is 2. The molecule has 0 unspecified atom stereocenters. The molecule has 8 heteroatoms. The molecule has 0 aliphatic carbocycles. The molecule has 5 nitrogen and oxygen atoms in total. The van der Waals surface area contributed by atoms with Crippen molar-refractivity contribution in [2.75, 3.05) is 10.5 Å². The second-order valence-corrected chi connectivity index (χ2v) is 6.60. The first-order chi connectivity index (χ1) is 9.85. The molecule has 0 amide bonds. The molecular formula is C13H9BrFN3O2S. The molecule has 0 heterocycles. The van der Waals surface area contributed by atoms with Gasteiger partial charge in [0.25, 0.3) is 10.0 Å². The lowest BCUT2D eigenvalue weighted by Crippen LogP contribution is -2.17. The van der Waals surface area contributed by atoms with Crippen LogP contribution in [0.3, 0.4) is 0 Å². The van der Waals surface area contributed by atoms with Gasteiger partial charge in [-0.2, -0.15) is 5.26 Å². The van der Waals surface area contributed by atoms with Crippen molar-refractivity contribution in [3.63, 3.8) is 0 Å². The van der Waals surface area contributed by atoms with Crippen molar-refractivity contribution in [1.82, 2.24) is 0 Å². The Hall–Kier alpha value is -2.11. The number of rotatable bonds is 3. The first-order valence-corrected chi connectivity index (χ1v) is 7.89. The molecular weight excluding hydrogens is 361 g/mol. The predicted octanol–water partition coefficient (Wildman–Crippen LogP) is 2.84. The van der Waals surface area contributed by atoms with Gasteiger partial charge in [-0.25, -0.2) is 12.8 Å². The molecule has 0 saturated heterocycles. The van der Waals surface area contributed by atoms with E-state index < -0.39 is 20.7 Å². The fraction of sp³-hybridized carbons (Fsp3) is 0. The number of halogens is 2. The molecule has 2 rings (SSSR count). The summed E-state index contributed by atoms with van der Waals surface area (Å²) in [6, 6.07) is 9.88. The van der Waals surface area contributed by atoms with Crippen LogP contribution in [0.4, 0.5) is 15.8 Å². The van der Waals surface area contributed by atoms with E-state index in [9.17, 15) is 12.8 Å². The van der Waals surface area contributed by atoms with Crippen molar-refractivity contribution in [1.29, 1.82) is 5.26 Å². The van der Waals surface area contributed by atoms with E-state index in [2.05, 4.69) is 20.7 Å². The summed E-state index contributed by atoms with van der Waals surface area (Å²) in [4.78, 5) is -0.645. The Morgan fingerprint density at radius 2 is 2.00 bits per heavy atom. The quantitative estimate of drug-likeness (QED) is 0.812. The lowest BCUT2D eigenvalue weighted by Gasteiger charge is -2.12. The number of hydrogen-bond acceptors (Lipinski definition) is 4. The van der Waals surface area contributed by atoms with Crippen molar-refractivity contribution < 1.29 is 12.8 Å². The van der Waals surface area contributed by atoms with Crippen LogP contribution >= 0.6 is 15.9 Å². The van der Waals surface area contributed by atoms with Crippen molar-refractivity contribution >= 4 is 37.3 Å². The van der Waals surface area contributed by atoms with Crippen molar-refractivity contribution in [3.8, 4) is 6.07 Å². The normalized spacial score (nSPS) is 10.9. The first-order valence-electron chi connectivity index (χ1n) is 5.61. The fourth-order valence-corrected chi connectivity index (χ4v) is 3.33. The molecule has 108 valence electrons. The summed E-state index contributed by atoms with van der Waals surface area (Å²) in [7, 11) is -4.25. The third-order valence-electron chi connectivity index (χ3n) is 2.61. The summed E-state index contributed by atoms with van der Waals surface area (Å²) < 4.78 is 41.0. The Kier molecular flexibility index (Phi) is 4.16. The predicted molar refractivity (Wildman–Crippen MR) is 80.5 cm³/mol. The molecule has 0 aromatic heterocycles. The summed E-state index contributed by atoms with van der Waals surface area (Å²) in [5, 5.41) is 8.99. The van der Waals surface area contributed by atoms with Gasteiger partial charge in [-0.15, -0.1) is 0 Å². The van der Waals surface area contributed by atoms with Gasteiger partial charge >= 0.3 is 0 Å². The number of nitrogens with one attached hydrogen (secondary N) is 1. The number of sulfonamides is 1. The first kappa shape index (κ1) is 15.3. The molecule has 0 atom stereocenters. The van der Waals surface area contributed by atoms with Gasteiger partial charge in [-0.1, -0.05) is 22.0 Å². The highest BCUT2D eigenvalue weighted by Gasteiger charge is 2.23. The van der Waals surface area contributed by atoms with E-state index in [1.165, 1.54) is 24.3 Å². The lowest BCUT2D eigenvalue weighted by atomic mass is 10.2. The van der Waals surface area contributed by atoms with E-state index in [1.54, 1.807) is 6.07 Å². The monoisotopic (exact) mass is 369 g/mol. The van der Waals surface area contributed by atoms with Crippen molar-refractivity contribution in [2.24, 2.45) is 0 Å². The van der Waals surface area contributed by atoms with Gasteiger partial charge in [0.1, 0.15) is 16.8 Å². The Balaban J connectivity index is 2.53. The summed E-state index contributed by atoms with van der Waals surface area (Å²) in [5.74, 6) is -0.962. The Morgan fingerprint density at radius 3 is 2.62 bits per heavy atom. The van der Waals surface area contributed by atoms with Crippen LogP contribution < -0.4 is 10.5 Å². The second-order valence-electron chi connectivity index (χ2n) is 4.07. The number of nitrogens with zero attached hydrogens (tertiary/aromatic N) is 1. The topological polar surface area (TPSA) is 96.0 Å². The molecule has 0 aliphatic rings. The van der Waals surface area contributed by atoms with E-state index in [0.717, 1.165) is 6.07 Å². The molecule has 0 radical (unpaired) electrons. The Labute approximate surface area is 129 Å². The van der Waals surface area contributed by atoms with E-state index in [-0.39, 0.29) is 16.9 Å². The number of nitriles is 1. The van der Waals surface area contributed by atoms with Crippen molar-refractivity contribution in [2.45, 2.75) is 4.90 Å². The molecule has 2 aromatic rings. The summed E-state index contributed by atoms with van der Waals surface area (Å²) in [6.07, 6.45) is 0. The van der Waals surface area contributed by atoms with Crippen LogP contribution in [-0.2, 0) is 10.0 Å². The SMILES string of the molecule is N#Cc1ccc(Br)cc1NS(=O)(=O)c1c(N)cccc1F. The number of nitrogens with two attached hydrogens (primary N) is 1. The summed E-state index contributed by atoms with van der Waals surface area (Å²) in [5.41, 5.74) is 5.46. The van der Waals surface area contributed by atoms with Crippen LogP contribution in [0, 0.1) is 17.1 Å². The number of anilines is 2.